The lowest BCUT2D eigenvalue weighted by molar-refractivity contribution is 0.157. The summed E-state index contributed by atoms with van der Waals surface area (Å²) in [5.74, 6) is 0.160. The van der Waals surface area contributed by atoms with Crippen molar-refractivity contribution in [3.8, 4) is 5.75 Å². The summed E-state index contributed by atoms with van der Waals surface area (Å²) in [5.41, 5.74) is 6.35. The van der Waals surface area contributed by atoms with Gasteiger partial charge in [-0.3, -0.25) is 4.98 Å². The Morgan fingerprint density at radius 2 is 1.76 bits per heavy atom. The lowest BCUT2D eigenvalue weighted by atomic mass is 10.1. The van der Waals surface area contributed by atoms with E-state index < -0.39 is 16.2 Å². The number of ether oxygens (including phenoxy) is 1. The SMILES string of the molecule is CC(C)c1nc(CCOC(N)=O)n(CCc2ccncc2)c1S(=O)(=O)Oc1cc(Cl)cc(Cl)c1. The molecule has 0 unspecified atom stereocenters. The molecule has 0 saturated heterocycles. The standard InChI is InChI=1S/C22H24Cl2N4O5S/c1-14(2)20-21(34(30,31)33-18-12-16(23)11-17(24)13-18)28(9-5-15-3-7-26-8-4-15)19(27-20)6-10-32-22(25)29/h3-4,7-8,11-14H,5-6,9-10H2,1-2H3,(H2,25,29). The van der Waals surface area contributed by atoms with Crippen molar-refractivity contribution >= 4 is 39.4 Å². The molecule has 0 atom stereocenters. The van der Waals surface area contributed by atoms with Crippen LogP contribution < -0.4 is 9.92 Å². The molecule has 0 spiro atoms. The predicted octanol–water partition coefficient (Wildman–Crippen LogP) is 4.36. The summed E-state index contributed by atoms with van der Waals surface area (Å²) in [5, 5.41) is 0.385. The van der Waals surface area contributed by atoms with Crippen molar-refractivity contribution < 1.29 is 22.1 Å². The second kappa shape index (κ2) is 11.1. The van der Waals surface area contributed by atoms with Gasteiger partial charge in [-0.2, -0.15) is 8.42 Å². The van der Waals surface area contributed by atoms with Gasteiger partial charge in [-0.25, -0.2) is 9.78 Å². The number of nitrogens with two attached hydrogens (primary N) is 1. The van der Waals surface area contributed by atoms with Crippen LogP contribution in [0.2, 0.25) is 10.0 Å². The second-order valence-corrected chi connectivity index (χ2v) is 10.0. The van der Waals surface area contributed by atoms with Crippen molar-refractivity contribution in [2.75, 3.05) is 6.61 Å². The number of aromatic nitrogens is 3. The smallest absolute Gasteiger partial charge is 0.404 e. The Morgan fingerprint density at radius 3 is 2.35 bits per heavy atom. The average Bonchev–Trinajstić information content (AvgIpc) is 3.11. The first-order valence-electron chi connectivity index (χ1n) is 10.4. The molecule has 34 heavy (non-hydrogen) atoms. The molecule has 3 rings (SSSR count). The molecule has 0 radical (unpaired) electrons. The van der Waals surface area contributed by atoms with Gasteiger partial charge in [0.1, 0.15) is 18.2 Å². The number of amides is 1. The molecule has 182 valence electrons. The highest BCUT2D eigenvalue weighted by molar-refractivity contribution is 7.87. The molecule has 12 heteroatoms. The number of carbonyl (C=O) groups is 1. The third kappa shape index (κ3) is 6.62. The van der Waals surface area contributed by atoms with E-state index in [1.165, 1.54) is 18.2 Å². The normalized spacial score (nSPS) is 11.6. The van der Waals surface area contributed by atoms with Crippen LogP contribution in [0.3, 0.4) is 0 Å². The van der Waals surface area contributed by atoms with Crippen LogP contribution in [-0.4, -0.2) is 35.7 Å². The van der Waals surface area contributed by atoms with Gasteiger partial charge in [0.25, 0.3) is 0 Å². The fourth-order valence-corrected chi connectivity index (χ4v) is 5.28. The van der Waals surface area contributed by atoms with Gasteiger partial charge in [0.15, 0.2) is 5.03 Å². The van der Waals surface area contributed by atoms with Gasteiger partial charge < -0.3 is 19.2 Å². The molecule has 2 aromatic heterocycles. The molecule has 0 aliphatic carbocycles. The summed E-state index contributed by atoms with van der Waals surface area (Å²) in [6.07, 6.45) is 3.07. The summed E-state index contributed by atoms with van der Waals surface area (Å²) < 4.78 is 38.8. The number of imidazole rings is 1. The molecular formula is C22H24Cl2N4O5S. The fourth-order valence-electron chi connectivity index (χ4n) is 3.34. The van der Waals surface area contributed by atoms with E-state index in [0.29, 0.717) is 17.9 Å². The summed E-state index contributed by atoms with van der Waals surface area (Å²) in [7, 11) is -4.34. The first-order valence-corrected chi connectivity index (χ1v) is 12.5. The van der Waals surface area contributed by atoms with E-state index in [9.17, 15) is 13.2 Å². The van der Waals surface area contributed by atoms with Crippen LogP contribution in [0.4, 0.5) is 4.79 Å². The molecule has 1 amide bonds. The van der Waals surface area contributed by atoms with Crippen LogP contribution >= 0.6 is 23.2 Å². The molecule has 0 bridgehead atoms. The lowest BCUT2D eigenvalue weighted by Gasteiger charge is -2.15. The van der Waals surface area contributed by atoms with Crippen molar-refractivity contribution in [3.05, 3.63) is 69.9 Å². The maximum Gasteiger partial charge on any atom is 0.404 e. The molecule has 2 heterocycles. The Bertz CT molecular complexity index is 1240. The van der Waals surface area contributed by atoms with Crippen LogP contribution in [-0.2, 0) is 34.2 Å². The number of halogens is 2. The van der Waals surface area contributed by atoms with E-state index >= 15 is 0 Å². The molecule has 0 fully saturated rings. The number of pyridine rings is 1. The number of rotatable bonds is 10. The average molecular weight is 527 g/mol. The van der Waals surface area contributed by atoms with Crippen molar-refractivity contribution in [1.29, 1.82) is 0 Å². The fraction of sp³-hybridized carbons (Fsp3) is 0.318. The van der Waals surface area contributed by atoms with Crippen LogP contribution in [0.5, 0.6) is 5.75 Å². The zero-order valence-electron chi connectivity index (χ0n) is 18.6. The number of nitrogens with zero attached hydrogens (tertiary/aromatic N) is 3. The molecule has 3 aromatic rings. The van der Waals surface area contributed by atoms with Crippen molar-refractivity contribution in [2.45, 2.75) is 44.2 Å². The van der Waals surface area contributed by atoms with Crippen LogP contribution in [0.15, 0.2) is 47.8 Å². The summed E-state index contributed by atoms with van der Waals surface area (Å²) in [4.78, 5) is 19.6. The van der Waals surface area contributed by atoms with Crippen LogP contribution in [0.25, 0.3) is 0 Å². The Hall–Kier alpha value is -2.82. The molecule has 0 aliphatic heterocycles. The monoisotopic (exact) mass is 526 g/mol. The van der Waals surface area contributed by atoms with Gasteiger partial charge in [-0.05, 0) is 36.1 Å². The second-order valence-electron chi connectivity index (χ2n) is 7.69. The van der Waals surface area contributed by atoms with Gasteiger partial charge in [-0.1, -0.05) is 37.0 Å². The Balaban J connectivity index is 2.05. The van der Waals surface area contributed by atoms with E-state index in [-0.39, 0.29) is 46.3 Å². The number of primary amides is 1. The Labute approximate surface area is 207 Å². The minimum atomic E-state index is -4.34. The highest BCUT2D eigenvalue weighted by Gasteiger charge is 2.31. The van der Waals surface area contributed by atoms with Crippen molar-refractivity contribution in [2.24, 2.45) is 5.73 Å². The van der Waals surface area contributed by atoms with Gasteiger partial charge in [-0.15, -0.1) is 0 Å². The highest BCUT2D eigenvalue weighted by Crippen LogP contribution is 2.31. The van der Waals surface area contributed by atoms with Gasteiger partial charge >= 0.3 is 16.2 Å². The number of aryl methyl sites for hydroxylation is 1. The van der Waals surface area contributed by atoms with E-state index in [2.05, 4.69) is 9.97 Å². The topological polar surface area (TPSA) is 126 Å². The zero-order valence-corrected chi connectivity index (χ0v) is 20.9. The van der Waals surface area contributed by atoms with Crippen LogP contribution in [0.1, 0.15) is 36.8 Å². The first-order chi connectivity index (χ1) is 16.1. The maximum atomic E-state index is 13.5. The first kappa shape index (κ1) is 25.8. The number of hydrogen-bond acceptors (Lipinski definition) is 7. The molecule has 0 aliphatic rings. The third-order valence-electron chi connectivity index (χ3n) is 4.79. The number of benzene rings is 1. The lowest BCUT2D eigenvalue weighted by Crippen LogP contribution is -2.20. The van der Waals surface area contributed by atoms with Gasteiger partial charge in [0.2, 0.25) is 0 Å². The Kier molecular flexibility index (Phi) is 8.40. The van der Waals surface area contributed by atoms with E-state index in [1.807, 2.05) is 26.0 Å². The summed E-state index contributed by atoms with van der Waals surface area (Å²) in [6, 6.07) is 7.88. The molecule has 0 saturated carbocycles. The van der Waals surface area contributed by atoms with Gasteiger partial charge in [0, 0.05) is 47.5 Å². The van der Waals surface area contributed by atoms with Gasteiger partial charge in [0.05, 0.1) is 5.69 Å². The minimum Gasteiger partial charge on any atom is -0.449 e. The highest BCUT2D eigenvalue weighted by atomic mass is 35.5. The molecular weight excluding hydrogens is 503 g/mol. The molecule has 1 aromatic carbocycles. The third-order valence-corrected chi connectivity index (χ3v) is 6.55. The van der Waals surface area contributed by atoms with Crippen molar-refractivity contribution in [1.82, 2.24) is 14.5 Å². The zero-order chi connectivity index (χ0) is 24.9. The quantitative estimate of drug-likeness (QED) is 0.388. The van der Waals surface area contributed by atoms with E-state index in [4.69, 9.17) is 37.9 Å². The molecule has 2 N–H and O–H groups in total. The largest absolute Gasteiger partial charge is 0.449 e. The van der Waals surface area contributed by atoms with E-state index in [1.54, 1.807) is 17.0 Å². The predicted molar refractivity (Wildman–Crippen MR) is 128 cm³/mol. The summed E-state index contributed by atoms with van der Waals surface area (Å²) >= 11 is 12.0. The summed E-state index contributed by atoms with van der Waals surface area (Å²) in [6.45, 7) is 3.89. The maximum absolute atomic E-state index is 13.5. The Morgan fingerprint density at radius 1 is 1.12 bits per heavy atom. The van der Waals surface area contributed by atoms with E-state index in [0.717, 1.165) is 5.56 Å². The number of carbonyl (C=O) groups excluding carboxylic acids is 1. The minimum absolute atomic E-state index is 0.0206. The number of hydrogen-bond donors (Lipinski definition) is 1. The molecule has 9 nitrogen and oxygen atoms in total. The van der Waals surface area contributed by atoms with Crippen molar-refractivity contribution in [3.63, 3.8) is 0 Å². The van der Waals surface area contributed by atoms with Crippen LogP contribution in [0, 0.1) is 0 Å².